The highest BCUT2D eigenvalue weighted by Gasteiger charge is 2.29. The molecule has 0 radical (unpaired) electrons. The van der Waals surface area contributed by atoms with Crippen molar-refractivity contribution < 1.29 is 9.47 Å². The van der Waals surface area contributed by atoms with Crippen molar-refractivity contribution in [2.45, 2.75) is 38.8 Å². The second-order valence-corrected chi connectivity index (χ2v) is 6.01. The standard InChI is InChI=1S/C16H24N2O2/c1-11-3-4-13(8-17)9-18(11)12(2)14-5-6-15-16(7-14)20-10-19-15/h5-7,11-13H,3-4,8-10,17H2,1-2H3. The number of piperidine rings is 1. The molecule has 4 nitrogen and oxygen atoms in total. The quantitative estimate of drug-likeness (QED) is 0.921. The summed E-state index contributed by atoms with van der Waals surface area (Å²) in [5.41, 5.74) is 7.15. The lowest BCUT2D eigenvalue weighted by atomic mass is 9.91. The molecular formula is C16H24N2O2. The summed E-state index contributed by atoms with van der Waals surface area (Å²) in [6, 6.07) is 7.28. The van der Waals surface area contributed by atoms with E-state index < -0.39 is 0 Å². The molecule has 0 amide bonds. The number of fused-ring (bicyclic) bond motifs is 1. The van der Waals surface area contributed by atoms with E-state index in [2.05, 4.69) is 30.9 Å². The molecule has 1 aromatic carbocycles. The molecule has 20 heavy (non-hydrogen) atoms. The number of nitrogens with two attached hydrogens (primary N) is 1. The number of hydrogen-bond acceptors (Lipinski definition) is 4. The van der Waals surface area contributed by atoms with Crippen LogP contribution in [0.25, 0.3) is 0 Å². The third-order valence-electron chi connectivity index (χ3n) is 4.74. The van der Waals surface area contributed by atoms with Crippen molar-refractivity contribution in [3.8, 4) is 11.5 Å². The van der Waals surface area contributed by atoms with Gasteiger partial charge in [0.2, 0.25) is 6.79 Å². The summed E-state index contributed by atoms with van der Waals surface area (Å²) in [4.78, 5) is 2.57. The minimum atomic E-state index is 0.336. The van der Waals surface area contributed by atoms with Crippen LogP contribution < -0.4 is 15.2 Å². The summed E-state index contributed by atoms with van der Waals surface area (Å²) >= 11 is 0. The number of nitrogens with zero attached hydrogens (tertiary/aromatic N) is 1. The number of ether oxygens (including phenoxy) is 2. The second-order valence-electron chi connectivity index (χ2n) is 6.01. The Morgan fingerprint density at radius 2 is 2.10 bits per heavy atom. The zero-order chi connectivity index (χ0) is 14.1. The van der Waals surface area contributed by atoms with Crippen molar-refractivity contribution in [1.82, 2.24) is 4.90 Å². The molecule has 0 aromatic heterocycles. The number of benzene rings is 1. The van der Waals surface area contributed by atoms with Gasteiger partial charge in [-0.3, -0.25) is 4.90 Å². The van der Waals surface area contributed by atoms with Gasteiger partial charge in [-0.2, -0.15) is 0 Å². The van der Waals surface area contributed by atoms with Gasteiger partial charge in [0.15, 0.2) is 11.5 Å². The normalized spacial score (nSPS) is 27.6. The van der Waals surface area contributed by atoms with Crippen LogP contribution in [-0.4, -0.2) is 30.8 Å². The molecular weight excluding hydrogens is 252 g/mol. The van der Waals surface area contributed by atoms with Gasteiger partial charge in [0.05, 0.1) is 0 Å². The van der Waals surface area contributed by atoms with Crippen molar-refractivity contribution in [2.75, 3.05) is 19.9 Å². The van der Waals surface area contributed by atoms with Crippen molar-refractivity contribution in [3.05, 3.63) is 23.8 Å². The molecule has 0 saturated carbocycles. The van der Waals surface area contributed by atoms with E-state index in [0.29, 0.717) is 24.8 Å². The first-order chi connectivity index (χ1) is 9.69. The van der Waals surface area contributed by atoms with Crippen molar-refractivity contribution in [2.24, 2.45) is 11.7 Å². The van der Waals surface area contributed by atoms with Gasteiger partial charge in [-0.1, -0.05) is 6.07 Å². The Kier molecular flexibility index (Phi) is 3.85. The van der Waals surface area contributed by atoms with Crippen LogP contribution in [0.2, 0.25) is 0 Å². The van der Waals surface area contributed by atoms with E-state index in [4.69, 9.17) is 15.2 Å². The third-order valence-corrected chi connectivity index (χ3v) is 4.74. The van der Waals surface area contributed by atoms with Crippen LogP contribution in [0.4, 0.5) is 0 Å². The average molecular weight is 276 g/mol. The monoisotopic (exact) mass is 276 g/mol. The fraction of sp³-hybridized carbons (Fsp3) is 0.625. The lowest BCUT2D eigenvalue weighted by molar-refractivity contribution is 0.0811. The van der Waals surface area contributed by atoms with Crippen LogP contribution in [0.15, 0.2) is 18.2 Å². The van der Waals surface area contributed by atoms with Gasteiger partial charge in [-0.05, 0) is 56.8 Å². The van der Waals surface area contributed by atoms with E-state index in [1.807, 2.05) is 6.07 Å². The minimum absolute atomic E-state index is 0.336. The predicted octanol–water partition coefficient (Wildman–Crippen LogP) is 2.54. The second kappa shape index (κ2) is 5.62. The Bertz CT molecular complexity index is 478. The van der Waals surface area contributed by atoms with Crippen LogP contribution in [0.1, 0.15) is 38.3 Å². The maximum Gasteiger partial charge on any atom is 0.231 e. The first-order valence-electron chi connectivity index (χ1n) is 7.54. The zero-order valence-electron chi connectivity index (χ0n) is 12.3. The fourth-order valence-corrected chi connectivity index (χ4v) is 3.31. The summed E-state index contributed by atoms with van der Waals surface area (Å²) in [7, 11) is 0. The van der Waals surface area contributed by atoms with Gasteiger partial charge >= 0.3 is 0 Å². The summed E-state index contributed by atoms with van der Waals surface area (Å²) in [5.74, 6) is 2.35. The lowest BCUT2D eigenvalue weighted by Gasteiger charge is -2.41. The molecule has 3 unspecified atom stereocenters. The van der Waals surface area contributed by atoms with Crippen LogP contribution in [0.3, 0.4) is 0 Å². The Morgan fingerprint density at radius 1 is 1.30 bits per heavy atom. The maximum absolute atomic E-state index is 5.86. The van der Waals surface area contributed by atoms with E-state index in [0.717, 1.165) is 24.6 Å². The molecule has 2 aliphatic rings. The van der Waals surface area contributed by atoms with Gasteiger partial charge in [0.25, 0.3) is 0 Å². The van der Waals surface area contributed by atoms with E-state index in [9.17, 15) is 0 Å². The van der Waals surface area contributed by atoms with E-state index in [-0.39, 0.29) is 0 Å². The summed E-state index contributed by atoms with van der Waals surface area (Å²) < 4.78 is 10.9. The third kappa shape index (κ3) is 2.50. The molecule has 1 aromatic rings. The first kappa shape index (κ1) is 13.7. The van der Waals surface area contributed by atoms with E-state index in [1.54, 1.807) is 0 Å². The molecule has 1 fully saturated rings. The van der Waals surface area contributed by atoms with Gasteiger partial charge in [-0.25, -0.2) is 0 Å². The highest BCUT2D eigenvalue weighted by Crippen LogP contribution is 2.37. The van der Waals surface area contributed by atoms with Crippen LogP contribution in [0, 0.1) is 5.92 Å². The molecule has 0 aliphatic carbocycles. The molecule has 0 spiro atoms. The van der Waals surface area contributed by atoms with Crippen molar-refractivity contribution in [3.63, 3.8) is 0 Å². The first-order valence-corrected chi connectivity index (χ1v) is 7.54. The van der Waals surface area contributed by atoms with Crippen LogP contribution in [0.5, 0.6) is 11.5 Å². The highest BCUT2D eigenvalue weighted by molar-refractivity contribution is 5.45. The molecule has 2 N–H and O–H groups in total. The summed E-state index contributed by atoms with van der Waals surface area (Å²) in [6.07, 6.45) is 2.48. The van der Waals surface area contributed by atoms with Crippen LogP contribution in [-0.2, 0) is 0 Å². The SMILES string of the molecule is CC1CCC(CN)CN1C(C)c1ccc2c(c1)OCO2. The number of likely N-dealkylation sites (tertiary alicyclic amines) is 1. The van der Waals surface area contributed by atoms with Gasteiger partial charge in [-0.15, -0.1) is 0 Å². The maximum atomic E-state index is 5.86. The molecule has 3 rings (SSSR count). The van der Waals surface area contributed by atoms with Gasteiger partial charge in [0, 0.05) is 18.6 Å². The molecule has 2 heterocycles. The molecule has 110 valence electrons. The number of rotatable bonds is 3. The van der Waals surface area contributed by atoms with Crippen LogP contribution >= 0.6 is 0 Å². The molecule has 3 atom stereocenters. The largest absolute Gasteiger partial charge is 0.454 e. The Balaban J connectivity index is 1.78. The Labute approximate surface area is 120 Å². The molecule has 0 bridgehead atoms. The van der Waals surface area contributed by atoms with E-state index in [1.165, 1.54) is 18.4 Å². The van der Waals surface area contributed by atoms with Crippen molar-refractivity contribution in [1.29, 1.82) is 0 Å². The predicted molar refractivity (Wildman–Crippen MR) is 78.9 cm³/mol. The summed E-state index contributed by atoms with van der Waals surface area (Å²) in [6.45, 7) is 6.80. The highest BCUT2D eigenvalue weighted by atomic mass is 16.7. The Morgan fingerprint density at radius 3 is 2.90 bits per heavy atom. The van der Waals surface area contributed by atoms with Crippen molar-refractivity contribution >= 4 is 0 Å². The molecule has 2 aliphatic heterocycles. The topological polar surface area (TPSA) is 47.7 Å². The smallest absolute Gasteiger partial charge is 0.231 e. The Hall–Kier alpha value is -1.26. The van der Waals surface area contributed by atoms with Gasteiger partial charge in [0.1, 0.15) is 0 Å². The number of hydrogen-bond donors (Lipinski definition) is 1. The molecule has 1 saturated heterocycles. The zero-order valence-corrected chi connectivity index (χ0v) is 12.3. The minimum Gasteiger partial charge on any atom is -0.454 e. The molecule has 4 heteroatoms. The van der Waals surface area contributed by atoms with E-state index >= 15 is 0 Å². The summed E-state index contributed by atoms with van der Waals surface area (Å²) in [5, 5.41) is 0. The average Bonchev–Trinajstić information content (AvgIpc) is 2.94. The van der Waals surface area contributed by atoms with Gasteiger partial charge < -0.3 is 15.2 Å². The lowest BCUT2D eigenvalue weighted by Crippen LogP contribution is -2.44. The fourth-order valence-electron chi connectivity index (χ4n) is 3.31.